The Hall–Kier alpha value is -1.33. The van der Waals surface area contributed by atoms with Crippen LogP contribution in [0.2, 0.25) is 0 Å². The first-order chi connectivity index (χ1) is 9.47. The van der Waals surface area contributed by atoms with Crippen LogP contribution in [-0.4, -0.2) is 0 Å². The molecule has 1 atom stereocenters. The molecule has 0 saturated carbocycles. The van der Waals surface area contributed by atoms with E-state index in [0.717, 1.165) is 11.6 Å². The molecule has 0 fully saturated rings. The number of rotatable bonds is 4. The van der Waals surface area contributed by atoms with Crippen LogP contribution in [0.4, 0.5) is 13.2 Å². The molecule has 1 N–H and O–H groups in total. The van der Waals surface area contributed by atoms with Gasteiger partial charge in [-0.2, -0.15) is 0 Å². The summed E-state index contributed by atoms with van der Waals surface area (Å²) in [7, 11) is 0. The minimum Gasteiger partial charge on any atom is -0.306 e. The van der Waals surface area contributed by atoms with Crippen molar-refractivity contribution in [2.75, 3.05) is 0 Å². The molecule has 20 heavy (non-hydrogen) atoms. The lowest BCUT2D eigenvalue weighted by Gasteiger charge is -2.15. The van der Waals surface area contributed by atoms with Crippen molar-refractivity contribution in [3.63, 3.8) is 0 Å². The van der Waals surface area contributed by atoms with Gasteiger partial charge in [0.25, 0.3) is 0 Å². The van der Waals surface area contributed by atoms with Gasteiger partial charge >= 0.3 is 0 Å². The zero-order chi connectivity index (χ0) is 14.7. The lowest BCUT2D eigenvalue weighted by Crippen LogP contribution is -2.18. The fraction of sp³-hybridized carbons (Fsp3) is 0.200. The third-order valence-corrected chi connectivity index (χ3v) is 3.65. The Morgan fingerprint density at radius 2 is 1.70 bits per heavy atom. The molecule has 1 unspecified atom stereocenters. The molecule has 0 heterocycles. The third-order valence-electron chi connectivity index (χ3n) is 3.04. The van der Waals surface area contributed by atoms with Crippen LogP contribution in [0.15, 0.2) is 40.9 Å². The summed E-state index contributed by atoms with van der Waals surface area (Å²) < 4.78 is 39.5. The standard InChI is InChI=1S/C15H13BrF3N/c1-9(11-3-5-14(18)15(19)7-11)20-8-10-2-4-13(17)12(16)6-10/h2-7,9,20H,8H2,1H3. The molecule has 2 rings (SSSR count). The van der Waals surface area contributed by atoms with Gasteiger partial charge in [-0.15, -0.1) is 0 Å². The number of benzene rings is 2. The molecule has 0 saturated heterocycles. The topological polar surface area (TPSA) is 12.0 Å². The fourth-order valence-electron chi connectivity index (χ4n) is 1.82. The largest absolute Gasteiger partial charge is 0.306 e. The molecule has 106 valence electrons. The van der Waals surface area contributed by atoms with E-state index >= 15 is 0 Å². The van der Waals surface area contributed by atoms with E-state index in [2.05, 4.69) is 21.2 Å². The summed E-state index contributed by atoms with van der Waals surface area (Å²) in [4.78, 5) is 0. The maximum Gasteiger partial charge on any atom is 0.159 e. The molecular weight excluding hydrogens is 331 g/mol. The van der Waals surface area contributed by atoms with Crippen molar-refractivity contribution in [2.24, 2.45) is 0 Å². The summed E-state index contributed by atoms with van der Waals surface area (Å²) in [6.45, 7) is 2.35. The number of hydrogen-bond acceptors (Lipinski definition) is 1. The van der Waals surface area contributed by atoms with Crippen LogP contribution in [0.1, 0.15) is 24.1 Å². The minimum atomic E-state index is -0.860. The highest BCUT2D eigenvalue weighted by Crippen LogP contribution is 2.19. The lowest BCUT2D eigenvalue weighted by molar-refractivity contribution is 0.500. The Morgan fingerprint density at radius 1 is 1.00 bits per heavy atom. The normalized spacial score (nSPS) is 12.4. The maximum absolute atomic E-state index is 13.1. The first-order valence-electron chi connectivity index (χ1n) is 6.09. The first kappa shape index (κ1) is 15.1. The quantitative estimate of drug-likeness (QED) is 0.847. The number of nitrogens with one attached hydrogen (secondary N) is 1. The molecule has 2 aromatic carbocycles. The van der Waals surface area contributed by atoms with Crippen LogP contribution in [0, 0.1) is 17.5 Å². The summed E-state index contributed by atoms with van der Waals surface area (Å²) in [5.41, 5.74) is 1.55. The zero-order valence-corrected chi connectivity index (χ0v) is 12.3. The van der Waals surface area contributed by atoms with Crippen molar-refractivity contribution in [1.82, 2.24) is 5.32 Å². The van der Waals surface area contributed by atoms with Gasteiger partial charge in [0.1, 0.15) is 5.82 Å². The highest BCUT2D eigenvalue weighted by atomic mass is 79.9. The van der Waals surface area contributed by atoms with Gasteiger partial charge in [0.2, 0.25) is 0 Å². The second kappa shape index (κ2) is 6.41. The summed E-state index contributed by atoms with van der Waals surface area (Å²) in [6, 6.07) is 8.41. The first-order valence-corrected chi connectivity index (χ1v) is 6.89. The molecule has 0 amide bonds. The predicted molar refractivity (Wildman–Crippen MR) is 75.7 cm³/mol. The summed E-state index contributed by atoms with van der Waals surface area (Å²) in [6.07, 6.45) is 0. The van der Waals surface area contributed by atoms with Gasteiger partial charge in [-0.3, -0.25) is 0 Å². The predicted octanol–water partition coefficient (Wildman–Crippen LogP) is 4.72. The third kappa shape index (κ3) is 3.61. The van der Waals surface area contributed by atoms with Gasteiger partial charge in [0.15, 0.2) is 11.6 Å². The number of hydrogen-bond donors (Lipinski definition) is 1. The van der Waals surface area contributed by atoms with E-state index in [9.17, 15) is 13.2 Å². The van der Waals surface area contributed by atoms with Gasteiger partial charge in [-0.25, -0.2) is 13.2 Å². The van der Waals surface area contributed by atoms with Crippen molar-refractivity contribution in [2.45, 2.75) is 19.5 Å². The number of halogens is 4. The van der Waals surface area contributed by atoms with Gasteiger partial charge in [0.05, 0.1) is 4.47 Å². The molecule has 0 spiro atoms. The smallest absolute Gasteiger partial charge is 0.159 e. The molecule has 0 aliphatic carbocycles. The van der Waals surface area contributed by atoms with E-state index < -0.39 is 11.6 Å². The van der Waals surface area contributed by atoms with Crippen molar-refractivity contribution in [1.29, 1.82) is 0 Å². The van der Waals surface area contributed by atoms with Gasteiger partial charge < -0.3 is 5.32 Å². The van der Waals surface area contributed by atoms with Gasteiger partial charge in [-0.05, 0) is 58.2 Å². The molecule has 0 bridgehead atoms. The van der Waals surface area contributed by atoms with Crippen molar-refractivity contribution in [3.8, 4) is 0 Å². The monoisotopic (exact) mass is 343 g/mol. The average Bonchev–Trinajstić information content (AvgIpc) is 2.43. The second-order valence-electron chi connectivity index (χ2n) is 4.52. The molecule has 0 aliphatic heterocycles. The average molecular weight is 344 g/mol. The Balaban J connectivity index is 2.02. The van der Waals surface area contributed by atoms with Crippen LogP contribution >= 0.6 is 15.9 Å². The van der Waals surface area contributed by atoms with Crippen LogP contribution in [-0.2, 0) is 6.54 Å². The van der Waals surface area contributed by atoms with Crippen molar-refractivity contribution >= 4 is 15.9 Å². The van der Waals surface area contributed by atoms with E-state index in [-0.39, 0.29) is 11.9 Å². The highest BCUT2D eigenvalue weighted by Gasteiger charge is 2.09. The minimum absolute atomic E-state index is 0.145. The molecule has 5 heteroatoms. The summed E-state index contributed by atoms with van der Waals surface area (Å²) in [5.74, 6) is -2.04. The lowest BCUT2D eigenvalue weighted by atomic mass is 10.1. The Kier molecular flexibility index (Phi) is 4.83. The van der Waals surface area contributed by atoms with E-state index in [1.54, 1.807) is 12.1 Å². The fourth-order valence-corrected chi connectivity index (χ4v) is 2.25. The van der Waals surface area contributed by atoms with E-state index in [4.69, 9.17) is 0 Å². The SMILES string of the molecule is CC(NCc1ccc(F)c(Br)c1)c1ccc(F)c(F)c1. The van der Waals surface area contributed by atoms with Gasteiger partial charge in [-0.1, -0.05) is 12.1 Å². The molecule has 0 aliphatic rings. The van der Waals surface area contributed by atoms with Crippen LogP contribution < -0.4 is 5.32 Å². The molecule has 2 aromatic rings. The molecule has 1 nitrogen and oxygen atoms in total. The van der Waals surface area contributed by atoms with Crippen LogP contribution in [0.25, 0.3) is 0 Å². The van der Waals surface area contributed by atoms with Crippen LogP contribution in [0.5, 0.6) is 0 Å². The summed E-state index contributed by atoms with van der Waals surface area (Å²) >= 11 is 3.12. The Labute approximate surface area is 123 Å². The van der Waals surface area contributed by atoms with E-state index in [1.165, 1.54) is 18.2 Å². The Morgan fingerprint density at radius 3 is 2.35 bits per heavy atom. The summed E-state index contributed by atoms with van der Waals surface area (Å²) in [5, 5.41) is 3.18. The van der Waals surface area contributed by atoms with E-state index in [1.807, 2.05) is 6.92 Å². The molecule has 0 radical (unpaired) electrons. The molecular formula is C15H13BrF3N. The molecule has 0 aromatic heterocycles. The van der Waals surface area contributed by atoms with E-state index in [0.29, 0.717) is 16.6 Å². The van der Waals surface area contributed by atoms with Crippen molar-refractivity contribution < 1.29 is 13.2 Å². The highest BCUT2D eigenvalue weighted by molar-refractivity contribution is 9.10. The second-order valence-corrected chi connectivity index (χ2v) is 5.38. The zero-order valence-electron chi connectivity index (χ0n) is 10.8. The van der Waals surface area contributed by atoms with Crippen molar-refractivity contribution in [3.05, 3.63) is 69.4 Å². The maximum atomic E-state index is 13.1. The Bertz CT molecular complexity index is 616. The van der Waals surface area contributed by atoms with Gasteiger partial charge in [0, 0.05) is 12.6 Å². The van der Waals surface area contributed by atoms with Crippen LogP contribution in [0.3, 0.4) is 0 Å².